The molecule has 3 N–H and O–H groups in total. The van der Waals surface area contributed by atoms with Gasteiger partial charge in [-0.3, -0.25) is 0 Å². The van der Waals surface area contributed by atoms with Crippen LogP contribution in [0.1, 0.15) is 25.0 Å². The Morgan fingerprint density at radius 3 is 2.39 bits per heavy atom. The van der Waals surface area contributed by atoms with Gasteiger partial charge in [0.2, 0.25) is 0 Å². The first kappa shape index (κ1) is 19.5. The number of aliphatic imine (C=N–C) groups is 1. The molecular weight excluding hydrogens is 392 g/mol. The van der Waals surface area contributed by atoms with Gasteiger partial charge in [0.05, 0.1) is 5.60 Å². The minimum Gasteiger partial charge on any atom is -0.491 e. The largest absolute Gasteiger partial charge is 0.491 e. The summed E-state index contributed by atoms with van der Waals surface area (Å²) in [6.07, 6.45) is 0. The van der Waals surface area contributed by atoms with Crippen LogP contribution in [0, 0.1) is 0 Å². The van der Waals surface area contributed by atoms with Crippen LogP contribution in [0.2, 0.25) is 0 Å². The first-order valence-electron chi connectivity index (χ1n) is 10.2. The van der Waals surface area contributed by atoms with E-state index in [-0.39, 0.29) is 19.2 Å². The van der Waals surface area contributed by atoms with Crippen LogP contribution in [-0.2, 0) is 10.3 Å². The Balaban J connectivity index is 1.63. The molecule has 3 aromatic carbocycles. The SMILES string of the molecule is CC(C)(O)COc1ccc2c(c1)[C@]1(COC(N)=N1)c1cc(-c3ccccc3)ccc1O2. The molecule has 158 valence electrons. The van der Waals surface area contributed by atoms with E-state index in [0.717, 1.165) is 28.0 Å². The summed E-state index contributed by atoms with van der Waals surface area (Å²) in [5, 5.41) is 10.0. The van der Waals surface area contributed by atoms with Crippen LogP contribution in [0.5, 0.6) is 17.2 Å². The average Bonchev–Trinajstić information content (AvgIpc) is 3.15. The molecule has 1 spiro atoms. The predicted octanol–water partition coefficient (Wildman–Crippen LogP) is 4.20. The Bertz CT molecular complexity index is 1170. The van der Waals surface area contributed by atoms with E-state index in [1.807, 2.05) is 48.5 Å². The lowest BCUT2D eigenvalue weighted by Gasteiger charge is -2.34. The summed E-state index contributed by atoms with van der Waals surface area (Å²) >= 11 is 0. The highest BCUT2D eigenvalue weighted by Crippen LogP contribution is 2.52. The molecule has 0 radical (unpaired) electrons. The van der Waals surface area contributed by atoms with Crippen LogP contribution < -0.4 is 15.2 Å². The minimum atomic E-state index is -0.944. The number of nitrogens with two attached hydrogens (primary N) is 1. The Morgan fingerprint density at radius 2 is 1.71 bits per heavy atom. The van der Waals surface area contributed by atoms with Crippen molar-refractivity contribution in [2.45, 2.75) is 25.0 Å². The number of ether oxygens (including phenoxy) is 3. The van der Waals surface area contributed by atoms with E-state index >= 15 is 0 Å². The summed E-state index contributed by atoms with van der Waals surface area (Å²) in [4.78, 5) is 4.73. The van der Waals surface area contributed by atoms with E-state index in [4.69, 9.17) is 24.9 Å². The summed E-state index contributed by atoms with van der Waals surface area (Å²) in [7, 11) is 0. The van der Waals surface area contributed by atoms with Crippen LogP contribution >= 0.6 is 0 Å². The van der Waals surface area contributed by atoms with Gasteiger partial charge in [0, 0.05) is 11.1 Å². The summed E-state index contributed by atoms with van der Waals surface area (Å²) in [6, 6.07) is 22.0. The quantitative estimate of drug-likeness (QED) is 0.666. The summed E-state index contributed by atoms with van der Waals surface area (Å²) in [5.41, 5.74) is 8.07. The smallest absolute Gasteiger partial charge is 0.283 e. The second-order valence-corrected chi connectivity index (χ2v) is 8.54. The number of nitrogens with zero attached hydrogens (tertiary/aromatic N) is 1. The van der Waals surface area contributed by atoms with Gasteiger partial charge in [0.15, 0.2) is 5.54 Å². The summed E-state index contributed by atoms with van der Waals surface area (Å²) in [5.74, 6) is 2.02. The molecule has 0 bridgehead atoms. The van der Waals surface area contributed by atoms with Crippen molar-refractivity contribution in [3.8, 4) is 28.4 Å². The number of aliphatic hydroxyl groups is 1. The van der Waals surface area contributed by atoms with Crippen LogP contribution in [0.3, 0.4) is 0 Å². The van der Waals surface area contributed by atoms with Gasteiger partial charge in [-0.15, -0.1) is 0 Å². The zero-order valence-electron chi connectivity index (χ0n) is 17.5. The molecule has 5 rings (SSSR count). The Hall–Kier alpha value is -3.51. The fraction of sp³-hybridized carbons (Fsp3) is 0.240. The molecular formula is C25H24N2O4. The third-order valence-corrected chi connectivity index (χ3v) is 5.47. The molecule has 0 saturated heterocycles. The van der Waals surface area contributed by atoms with Crippen molar-refractivity contribution in [1.82, 2.24) is 0 Å². The van der Waals surface area contributed by atoms with Gasteiger partial charge in [-0.1, -0.05) is 36.4 Å². The number of hydrogen-bond acceptors (Lipinski definition) is 6. The number of fused-ring (bicyclic) bond motifs is 4. The van der Waals surface area contributed by atoms with E-state index < -0.39 is 11.1 Å². The third kappa shape index (κ3) is 3.49. The lowest BCUT2D eigenvalue weighted by atomic mass is 9.80. The highest BCUT2D eigenvalue weighted by Gasteiger charge is 2.47. The topological polar surface area (TPSA) is 86.3 Å². The average molecular weight is 416 g/mol. The van der Waals surface area contributed by atoms with Crippen LogP contribution in [-0.4, -0.2) is 29.9 Å². The summed E-state index contributed by atoms with van der Waals surface area (Å²) in [6.45, 7) is 3.84. The van der Waals surface area contributed by atoms with Crippen LogP contribution in [0.15, 0.2) is 71.7 Å². The van der Waals surface area contributed by atoms with Crippen molar-refractivity contribution in [2.75, 3.05) is 13.2 Å². The van der Waals surface area contributed by atoms with Gasteiger partial charge in [0.25, 0.3) is 6.02 Å². The molecule has 6 nitrogen and oxygen atoms in total. The molecule has 0 amide bonds. The van der Waals surface area contributed by atoms with E-state index in [1.165, 1.54) is 0 Å². The van der Waals surface area contributed by atoms with Gasteiger partial charge < -0.3 is 25.1 Å². The maximum Gasteiger partial charge on any atom is 0.283 e. The predicted molar refractivity (Wildman–Crippen MR) is 119 cm³/mol. The van der Waals surface area contributed by atoms with E-state index in [2.05, 4.69) is 18.2 Å². The first-order valence-corrected chi connectivity index (χ1v) is 10.2. The first-order chi connectivity index (χ1) is 14.8. The second-order valence-electron chi connectivity index (χ2n) is 8.54. The molecule has 2 heterocycles. The van der Waals surface area contributed by atoms with Crippen molar-refractivity contribution in [3.05, 3.63) is 77.9 Å². The highest BCUT2D eigenvalue weighted by molar-refractivity contribution is 5.78. The molecule has 0 unspecified atom stereocenters. The Morgan fingerprint density at radius 1 is 1.00 bits per heavy atom. The van der Waals surface area contributed by atoms with Gasteiger partial charge in [-0.2, -0.15) is 0 Å². The Labute approximate surface area is 180 Å². The number of benzene rings is 3. The highest BCUT2D eigenvalue weighted by atomic mass is 16.5. The van der Waals surface area contributed by atoms with Crippen LogP contribution in [0.25, 0.3) is 11.1 Å². The maximum absolute atomic E-state index is 10.0. The van der Waals surface area contributed by atoms with E-state index in [0.29, 0.717) is 11.5 Å². The van der Waals surface area contributed by atoms with Crippen LogP contribution in [0.4, 0.5) is 0 Å². The number of rotatable bonds is 4. The van der Waals surface area contributed by atoms with Crippen molar-refractivity contribution >= 4 is 6.02 Å². The fourth-order valence-electron chi connectivity index (χ4n) is 3.99. The molecule has 31 heavy (non-hydrogen) atoms. The van der Waals surface area contributed by atoms with E-state index in [9.17, 15) is 5.11 Å². The van der Waals surface area contributed by atoms with Crippen molar-refractivity contribution < 1.29 is 19.3 Å². The molecule has 2 aliphatic rings. The van der Waals surface area contributed by atoms with Gasteiger partial charge in [-0.05, 0) is 55.3 Å². The molecule has 0 saturated carbocycles. The molecule has 2 aliphatic heterocycles. The normalized spacial score (nSPS) is 19.1. The molecule has 6 heteroatoms. The third-order valence-electron chi connectivity index (χ3n) is 5.47. The fourth-order valence-corrected chi connectivity index (χ4v) is 3.99. The zero-order chi connectivity index (χ0) is 21.6. The zero-order valence-corrected chi connectivity index (χ0v) is 17.5. The lowest BCUT2D eigenvalue weighted by Crippen LogP contribution is -2.31. The van der Waals surface area contributed by atoms with Crippen molar-refractivity contribution in [1.29, 1.82) is 0 Å². The van der Waals surface area contributed by atoms with Gasteiger partial charge in [0.1, 0.15) is 30.5 Å². The van der Waals surface area contributed by atoms with Gasteiger partial charge >= 0.3 is 0 Å². The summed E-state index contributed by atoms with van der Waals surface area (Å²) < 4.78 is 17.7. The van der Waals surface area contributed by atoms with Crippen molar-refractivity contribution in [3.63, 3.8) is 0 Å². The van der Waals surface area contributed by atoms with Gasteiger partial charge in [-0.25, -0.2) is 4.99 Å². The standard InChI is InChI=1S/C25H24N2O4/c1-24(2,28)14-29-18-9-11-22-20(13-18)25(15-30-23(26)27-25)19-12-17(8-10-21(19)31-22)16-6-4-3-5-7-16/h3-13,28H,14-15H2,1-2H3,(H2,26,27)/t25-/m0/s1. The Kier molecular flexibility index (Phi) is 4.41. The van der Waals surface area contributed by atoms with E-state index in [1.54, 1.807) is 13.8 Å². The lowest BCUT2D eigenvalue weighted by molar-refractivity contribution is 0.0284. The maximum atomic E-state index is 10.0. The monoisotopic (exact) mass is 416 g/mol. The second kappa shape index (κ2) is 7.03. The number of hydrogen-bond donors (Lipinski definition) is 2. The molecule has 0 aromatic heterocycles. The molecule has 1 atom stereocenters. The molecule has 3 aromatic rings. The molecule has 0 fully saturated rings. The molecule has 0 aliphatic carbocycles. The minimum absolute atomic E-state index is 0.145. The van der Waals surface area contributed by atoms with Crippen molar-refractivity contribution in [2.24, 2.45) is 10.7 Å². The number of amidine groups is 1.